The average molecular weight is 122 g/mol. The fourth-order valence-electron chi connectivity index (χ4n) is 0.551. The molecule has 3 N–H and O–H groups in total. The van der Waals surface area contributed by atoms with Crippen molar-refractivity contribution in [3.63, 3.8) is 0 Å². The van der Waals surface area contributed by atoms with Crippen LogP contribution in [0.15, 0.2) is 24.5 Å². The Morgan fingerprint density at radius 2 is 2.44 bits per heavy atom. The molecule has 0 aliphatic rings. The lowest BCUT2D eigenvalue weighted by molar-refractivity contribution is 0.587. The summed E-state index contributed by atoms with van der Waals surface area (Å²) >= 11 is 0. The summed E-state index contributed by atoms with van der Waals surface area (Å²) in [6, 6.07) is 3.45. The van der Waals surface area contributed by atoms with Crippen LogP contribution >= 0.6 is 0 Å². The van der Waals surface area contributed by atoms with Crippen LogP contribution in [0.1, 0.15) is 0 Å². The van der Waals surface area contributed by atoms with Gasteiger partial charge in [-0.25, -0.2) is 0 Å². The molecular formula is C5H7BN2O. The number of nitrogens with zero attached hydrogens (tertiary/aromatic N) is 1. The van der Waals surface area contributed by atoms with E-state index in [1.807, 2.05) is 0 Å². The number of hydrogen-bond acceptors (Lipinski definition) is 3. The monoisotopic (exact) mass is 122 g/mol. The van der Waals surface area contributed by atoms with Gasteiger partial charge in [-0.15, -0.1) is 0 Å². The van der Waals surface area contributed by atoms with E-state index in [4.69, 9.17) is 10.7 Å². The lowest BCUT2D eigenvalue weighted by Gasteiger charge is -1.95. The van der Waals surface area contributed by atoms with Crippen LogP contribution < -0.4 is 11.1 Å². The van der Waals surface area contributed by atoms with Crippen LogP contribution in [0.4, 0.5) is 0 Å². The van der Waals surface area contributed by atoms with Crippen LogP contribution in [-0.2, 0) is 0 Å². The van der Waals surface area contributed by atoms with Gasteiger partial charge in [0.05, 0.1) is 0 Å². The third-order valence-electron chi connectivity index (χ3n) is 1.03. The molecule has 0 saturated heterocycles. The summed E-state index contributed by atoms with van der Waals surface area (Å²) in [5.41, 5.74) is 5.77. The maximum absolute atomic E-state index is 8.76. The fraction of sp³-hybridized carbons (Fsp3) is 0. The SMILES string of the molecule is NB(O)c1cccnc1. The molecule has 1 aromatic rings. The second kappa shape index (κ2) is 2.61. The van der Waals surface area contributed by atoms with Crippen molar-refractivity contribution in [2.24, 2.45) is 5.64 Å². The number of aromatic nitrogens is 1. The van der Waals surface area contributed by atoms with Crippen LogP contribution in [0.25, 0.3) is 0 Å². The maximum Gasteiger partial charge on any atom is 0.411 e. The fourth-order valence-corrected chi connectivity index (χ4v) is 0.551. The van der Waals surface area contributed by atoms with Crippen LogP contribution in [0.2, 0.25) is 0 Å². The first-order valence-electron chi connectivity index (χ1n) is 2.64. The molecule has 4 heteroatoms. The Hall–Kier alpha value is -0.865. The smallest absolute Gasteiger partial charge is 0.411 e. The van der Waals surface area contributed by atoms with E-state index in [1.54, 1.807) is 18.3 Å². The van der Waals surface area contributed by atoms with Crippen molar-refractivity contribution in [1.29, 1.82) is 0 Å². The molecule has 0 radical (unpaired) electrons. The minimum absolute atomic E-state index is 0.637. The predicted octanol–water partition coefficient (Wildman–Crippen LogP) is -1.27. The Bertz CT molecular complexity index is 178. The summed E-state index contributed by atoms with van der Waals surface area (Å²) in [6.07, 6.45) is 3.16. The number of rotatable bonds is 1. The van der Waals surface area contributed by atoms with Crippen molar-refractivity contribution < 1.29 is 5.02 Å². The zero-order valence-electron chi connectivity index (χ0n) is 4.86. The number of nitrogens with two attached hydrogens (primary N) is 1. The Kier molecular flexibility index (Phi) is 1.82. The summed E-state index contributed by atoms with van der Waals surface area (Å²) < 4.78 is 0. The van der Waals surface area contributed by atoms with Crippen LogP contribution in [0, 0.1) is 0 Å². The van der Waals surface area contributed by atoms with Gasteiger partial charge < -0.3 is 10.7 Å². The quantitative estimate of drug-likeness (QED) is 0.456. The molecule has 0 aliphatic heterocycles. The second-order valence-electron chi connectivity index (χ2n) is 1.73. The van der Waals surface area contributed by atoms with Gasteiger partial charge in [0.1, 0.15) is 0 Å². The number of hydrogen-bond donors (Lipinski definition) is 2. The van der Waals surface area contributed by atoms with Crippen LogP contribution in [0.5, 0.6) is 0 Å². The van der Waals surface area contributed by atoms with Crippen molar-refractivity contribution in [3.8, 4) is 0 Å². The van der Waals surface area contributed by atoms with Gasteiger partial charge in [-0.05, 0) is 11.5 Å². The largest absolute Gasteiger partial charge is 0.434 e. The van der Waals surface area contributed by atoms with Gasteiger partial charge in [-0.1, -0.05) is 6.07 Å². The normalized spacial score (nSPS) is 9.11. The van der Waals surface area contributed by atoms with Gasteiger partial charge in [0, 0.05) is 12.4 Å². The van der Waals surface area contributed by atoms with E-state index >= 15 is 0 Å². The van der Waals surface area contributed by atoms with Gasteiger partial charge in [0.2, 0.25) is 0 Å². The van der Waals surface area contributed by atoms with Crippen LogP contribution in [-0.4, -0.2) is 17.1 Å². The molecule has 1 aromatic heterocycles. The average Bonchev–Trinajstić information content (AvgIpc) is 1.90. The summed E-state index contributed by atoms with van der Waals surface area (Å²) in [6.45, 7) is 0. The van der Waals surface area contributed by atoms with Gasteiger partial charge in [0.15, 0.2) is 0 Å². The summed E-state index contributed by atoms with van der Waals surface area (Å²) in [5, 5.41) is 8.76. The van der Waals surface area contributed by atoms with Crippen molar-refractivity contribution in [2.75, 3.05) is 0 Å². The summed E-state index contributed by atoms with van der Waals surface area (Å²) in [7, 11) is -0.904. The standard InChI is InChI=1S/C5H7BN2O/c7-6(9)5-2-1-3-8-4-5/h1-4,9H,7H2. The molecule has 0 bridgehead atoms. The molecule has 0 spiro atoms. The summed E-state index contributed by atoms with van der Waals surface area (Å²) in [5.74, 6) is 0. The molecule has 1 heterocycles. The Labute approximate surface area is 53.7 Å². The molecule has 0 fully saturated rings. The van der Waals surface area contributed by atoms with Crippen molar-refractivity contribution >= 4 is 12.5 Å². The van der Waals surface area contributed by atoms with Crippen molar-refractivity contribution in [3.05, 3.63) is 24.5 Å². The first-order chi connectivity index (χ1) is 4.30. The minimum Gasteiger partial charge on any atom is -0.434 e. The van der Waals surface area contributed by atoms with E-state index in [0.29, 0.717) is 5.46 Å². The van der Waals surface area contributed by atoms with E-state index in [0.717, 1.165) is 0 Å². The Balaban J connectivity index is 2.85. The second-order valence-corrected chi connectivity index (χ2v) is 1.73. The van der Waals surface area contributed by atoms with E-state index in [9.17, 15) is 0 Å². The lowest BCUT2D eigenvalue weighted by atomic mass is 9.77. The lowest BCUT2D eigenvalue weighted by Crippen LogP contribution is -2.39. The molecule has 0 aliphatic carbocycles. The zero-order chi connectivity index (χ0) is 6.69. The van der Waals surface area contributed by atoms with Gasteiger partial charge >= 0.3 is 7.05 Å². The molecular weight excluding hydrogens is 115 g/mol. The van der Waals surface area contributed by atoms with Crippen LogP contribution in [0.3, 0.4) is 0 Å². The minimum atomic E-state index is -0.904. The molecule has 46 valence electrons. The first kappa shape index (κ1) is 6.26. The Morgan fingerprint density at radius 1 is 1.67 bits per heavy atom. The predicted molar refractivity (Wildman–Crippen MR) is 36.0 cm³/mol. The van der Waals surface area contributed by atoms with Crippen molar-refractivity contribution in [2.45, 2.75) is 0 Å². The van der Waals surface area contributed by atoms with Crippen molar-refractivity contribution in [1.82, 2.24) is 4.98 Å². The highest BCUT2D eigenvalue weighted by Gasteiger charge is 2.05. The third-order valence-corrected chi connectivity index (χ3v) is 1.03. The van der Waals surface area contributed by atoms with E-state index in [-0.39, 0.29) is 0 Å². The van der Waals surface area contributed by atoms with Gasteiger partial charge in [0.25, 0.3) is 0 Å². The molecule has 0 saturated carbocycles. The number of pyridine rings is 1. The van der Waals surface area contributed by atoms with E-state index < -0.39 is 7.05 Å². The van der Waals surface area contributed by atoms with E-state index in [1.165, 1.54) is 6.20 Å². The topological polar surface area (TPSA) is 59.1 Å². The Morgan fingerprint density at radius 3 is 2.78 bits per heavy atom. The van der Waals surface area contributed by atoms with Gasteiger partial charge in [-0.2, -0.15) is 0 Å². The highest BCUT2D eigenvalue weighted by Crippen LogP contribution is 1.75. The maximum atomic E-state index is 8.76. The first-order valence-corrected chi connectivity index (χ1v) is 2.64. The highest BCUT2D eigenvalue weighted by molar-refractivity contribution is 6.62. The molecule has 0 aromatic carbocycles. The molecule has 3 nitrogen and oxygen atoms in total. The molecule has 0 amide bonds. The molecule has 9 heavy (non-hydrogen) atoms. The zero-order valence-corrected chi connectivity index (χ0v) is 4.86. The molecule has 0 atom stereocenters. The van der Waals surface area contributed by atoms with E-state index in [2.05, 4.69) is 4.98 Å². The molecule has 0 unspecified atom stereocenters. The third kappa shape index (κ3) is 1.52. The van der Waals surface area contributed by atoms with Gasteiger partial charge in [-0.3, -0.25) is 4.98 Å². The molecule has 1 rings (SSSR count). The summed E-state index contributed by atoms with van der Waals surface area (Å²) in [4.78, 5) is 3.77. The highest BCUT2D eigenvalue weighted by atomic mass is 16.2.